The van der Waals surface area contributed by atoms with Gasteiger partial charge in [-0.2, -0.15) is 5.26 Å². The number of nitrogens with zero attached hydrogens (tertiary/aromatic N) is 2. The Hall–Kier alpha value is -2.79. The molecule has 0 amide bonds. The summed E-state index contributed by atoms with van der Waals surface area (Å²) in [5.74, 6) is 2.07. The van der Waals surface area contributed by atoms with Crippen molar-refractivity contribution in [3.63, 3.8) is 0 Å². The minimum Gasteiger partial charge on any atom is -0.497 e. The van der Waals surface area contributed by atoms with Crippen LogP contribution in [0.3, 0.4) is 0 Å². The molecule has 4 atom stereocenters. The predicted molar refractivity (Wildman–Crippen MR) is 141 cm³/mol. The van der Waals surface area contributed by atoms with E-state index in [-0.39, 0.29) is 17.9 Å². The van der Waals surface area contributed by atoms with Gasteiger partial charge in [0.05, 0.1) is 38.1 Å². The number of methoxy groups -OCH3 is 2. The van der Waals surface area contributed by atoms with Crippen molar-refractivity contribution < 1.29 is 18.9 Å². The van der Waals surface area contributed by atoms with E-state index in [4.69, 9.17) is 18.9 Å². The summed E-state index contributed by atoms with van der Waals surface area (Å²) < 4.78 is 23.1. The second-order valence-corrected chi connectivity index (χ2v) is 9.82. The molecule has 2 aromatic rings. The van der Waals surface area contributed by atoms with Crippen LogP contribution in [0.15, 0.2) is 42.5 Å². The van der Waals surface area contributed by atoms with E-state index < -0.39 is 0 Å². The number of benzene rings is 2. The van der Waals surface area contributed by atoms with Crippen molar-refractivity contribution in [2.45, 2.75) is 50.9 Å². The molecule has 4 rings (SSSR count). The van der Waals surface area contributed by atoms with Crippen LogP contribution in [0.2, 0.25) is 0 Å². The molecule has 0 aliphatic carbocycles. The van der Waals surface area contributed by atoms with Crippen molar-refractivity contribution in [3.8, 4) is 17.6 Å². The smallest absolute Gasteiger partial charge is 0.142 e. The number of piperidine rings is 1. The highest BCUT2D eigenvalue weighted by Crippen LogP contribution is 2.35. The molecule has 0 aromatic heterocycles. The summed E-state index contributed by atoms with van der Waals surface area (Å²) in [6.07, 6.45) is 2.81. The largest absolute Gasteiger partial charge is 0.497 e. The Bertz CT molecular complexity index is 1010. The van der Waals surface area contributed by atoms with Gasteiger partial charge >= 0.3 is 0 Å². The lowest BCUT2D eigenvalue weighted by Crippen LogP contribution is -2.47. The molecule has 0 spiro atoms. The van der Waals surface area contributed by atoms with E-state index in [1.54, 1.807) is 14.2 Å². The third-order valence-corrected chi connectivity index (χ3v) is 7.22. The highest BCUT2D eigenvalue weighted by Gasteiger charge is 2.33. The lowest BCUT2D eigenvalue weighted by molar-refractivity contribution is 0.00167. The number of hydrogen-bond donors (Lipinski definition) is 1. The van der Waals surface area contributed by atoms with Gasteiger partial charge in [0.2, 0.25) is 0 Å². The molecule has 2 aliphatic heterocycles. The molecule has 194 valence electrons. The predicted octanol–water partition coefficient (Wildman–Crippen LogP) is 4.51. The van der Waals surface area contributed by atoms with Crippen molar-refractivity contribution in [2.75, 3.05) is 52.0 Å². The van der Waals surface area contributed by atoms with Crippen LogP contribution >= 0.6 is 0 Å². The van der Waals surface area contributed by atoms with Crippen LogP contribution in [0.25, 0.3) is 0 Å². The first-order chi connectivity index (χ1) is 17.6. The van der Waals surface area contributed by atoms with Crippen LogP contribution in [0.1, 0.15) is 43.2 Å². The van der Waals surface area contributed by atoms with Gasteiger partial charge in [-0.3, -0.25) is 0 Å². The molecule has 1 fully saturated rings. The van der Waals surface area contributed by atoms with Gasteiger partial charge in [0.1, 0.15) is 18.1 Å². The van der Waals surface area contributed by atoms with Crippen LogP contribution in [0.4, 0.5) is 5.69 Å². The Morgan fingerprint density at radius 1 is 1.19 bits per heavy atom. The number of nitrogens with one attached hydrogen (secondary N) is 1. The van der Waals surface area contributed by atoms with Gasteiger partial charge in [0.25, 0.3) is 0 Å². The van der Waals surface area contributed by atoms with Gasteiger partial charge in [-0.05, 0) is 61.6 Å². The van der Waals surface area contributed by atoms with Gasteiger partial charge in [-0.1, -0.05) is 18.2 Å². The molecule has 0 radical (unpaired) electrons. The Balaban J connectivity index is 1.45. The first-order valence-electron chi connectivity index (χ1n) is 13.0. The standard InChI is InChI=1S/C29H39N3O4/c1-21(18-30)15-24-17-26(23-6-8-25(34-3)9-7-23)29(19-31-24)36-20-22-5-10-28-27(16-22)32(12-14-35-28)11-4-13-33-2/h5-10,16,21,24,26,29,31H,4,11-15,17,19-20H2,1-3H3/t21?,24-,26+,29-/m0/s1. The van der Waals surface area contributed by atoms with Crippen molar-refractivity contribution >= 4 is 5.69 Å². The molecule has 2 aromatic carbocycles. The fraction of sp³-hybridized carbons (Fsp3) is 0.552. The first-order valence-corrected chi connectivity index (χ1v) is 13.0. The van der Waals surface area contributed by atoms with Crippen molar-refractivity contribution in [3.05, 3.63) is 53.6 Å². The summed E-state index contributed by atoms with van der Waals surface area (Å²) >= 11 is 0. The first kappa shape index (κ1) is 26.3. The van der Waals surface area contributed by atoms with Crippen molar-refractivity contribution in [1.29, 1.82) is 5.26 Å². The van der Waals surface area contributed by atoms with Crippen LogP contribution in [0.5, 0.6) is 11.5 Å². The van der Waals surface area contributed by atoms with Crippen molar-refractivity contribution in [2.24, 2.45) is 5.92 Å². The van der Waals surface area contributed by atoms with E-state index in [0.717, 1.165) is 68.3 Å². The molecule has 1 unspecified atom stereocenters. The highest BCUT2D eigenvalue weighted by atomic mass is 16.5. The molecule has 1 saturated heterocycles. The van der Waals surface area contributed by atoms with E-state index in [1.807, 2.05) is 19.1 Å². The van der Waals surface area contributed by atoms with Crippen LogP contribution < -0.4 is 19.7 Å². The lowest BCUT2D eigenvalue weighted by atomic mass is 9.82. The summed E-state index contributed by atoms with van der Waals surface area (Å²) in [6.45, 7) is 6.58. The van der Waals surface area contributed by atoms with E-state index in [1.165, 1.54) is 5.56 Å². The van der Waals surface area contributed by atoms with Gasteiger partial charge in [0, 0.05) is 44.7 Å². The zero-order valence-electron chi connectivity index (χ0n) is 21.7. The fourth-order valence-electron chi connectivity index (χ4n) is 5.25. The SMILES string of the molecule is COCCCN1CCOc2ccc(CO[C@H]3CN[C@@H](CC(C)C#N)C[C@@H]3c3ccc(OC)cc3)cc21. The summed E-state index contributed by atoms with van der Waals surface area (Å²) in [7, 11) is 3.43. The third-order valence-electron chi connectivity index (χ3n) is 7.22. The second kappa shape index (κ2) is 13.0. The van der Waals surface area contributed by atoms with Gasteiger partial charge < -0.3 is 29.2 Å². The summed E-state index contributed by atoms with van der Waals surface area (Å²) in [6, 6.07) is 17.4. The number of hydrogen-bond acceptors (Lipinski definition) is 7. The zero-order chi connectivity index (χ0) is 25.3. The van der Waals surface area contributed by atoms with E-state index in [9.17, 15) is 5.26 Å². The number of rotatable bonds is 11. The zero-order valence-corrected chi connectivity index (χ0v) is 21.7. The third kappa shape index (κ3) is 6.70. The molecular formula is C29H39N3O4. The van der Waals surface area contributed by atoms with Gasteiger partial charge in [-0.15, -0.1) is 0 Å². The summed E-state index contributed by atoms with van der Waals surface area (Å²) in [4.78, 5) is 2.38. The monoisotopic (exact) mass is 493 g/mol. The van der Waals surface area contributed by atoms with Crippen molar-refractivity contribution in [1.82, 2.24) is 5.32 Å². The Morgan fingerprint density at radius 2 is 2.03 bits per heavy atom. The van der Waals surface area contributed by atoms with Gasteiger partial charge in [-0.25, -0.2) is 0 Å². The normalized spacial score (nSPS) is 22.3. The molecule has 7 nitrogen and oxygen atoms in total. The quantitative estimate of drug-likeness (QED) is 0.462. The minimum atomic E-state index is 0.0287. The molecular weight excluding hydrogens is 454 g/mol. The average Bonchev–Trinajstić information content (AvgIpc) is 2.92. The fourth-order valence-corrected chi connectivity index (χ4v) is 5.25. The maximum Gasteiger partial charge on any atom is 0.142 e. The van der Waals surface area contributed by atoms with Crippen LogP contribution in [-0.2, 0) is 16.1 Å². The highest BCUT2D eigenvalue weighted by molar-refractivity contribution is 5.61. The Labute approximate surface area is 215 Å². The molecule has 0 saturated carbocycles. The molecule has 7 heteroatoms. The Kier molecular flexibility index (Phi) is 9.46. The maximum atomic E-state index is 9.30. The molecule has 0 bridgehead atoms. The second-order valence-electron chi connectivity index (χ2n) is 9.82. The topological polar surface area (TPSA) is 76.0 Å². The molecule has 1 N–H and O–H groups in total. The number of ether oxygens (including phenoxy) is 4. The van der Waals surface area contributed by atoms with Crippen LogP contribution in [-0.4, -0.2) is 59.2 Å². The van der Waals surface area contributed by atoms with Gasteiger partial charge in [0.15, 0.2) is 0 Å². The average molecular weight is 494 g/mol. The molecule has 36 heavy (non-hydrogen) atoms. The lowest BCUT2D eigenvalue weighted by Gasteiger charge is -2.38. The minimum absolute atomic E-state index is 0.0287. The van der Waals surface area contributed by atoms with E-state index >= 15 is 0 Å². The maximum absolute atomic E-state index is 9.30. The van der Waals surface area contributed by atoms with Crippen LogP contribution in [0, 0.1) is 17.2 Å². The molecule has 2 aliphatic rings. The number of nitriles is 1. The van der Waals surface area contributed by atoms with E-state index in [0.29, 0.717) is 19.3 Å². The van der Waals surface area contributed by atoms with E-state index in [2.05, 4.69) is 46.6 Å². The Morgan fingerprint density at radius 3 is 2.78 bits per heavy atom. The molecule has 2 heterocycles. The number of fused-ring (bicyclic) bond motifs is 1. The number of anilines is 1. The summed E-state index contributed by atoms with van der Waals surface area (Å²) in [5.41, 5.74) is 3.53. The summed E-state index contributed by atoms with van der Waals surface area (Å²) in [5, 5.41) is 12.9.